The molecule has 2 aliphatic heterocycles. The molecule has 0 amide bonds. The summed E-state index contributed by atoms with van der Waals surface area (Å²) in [7, 11) is 0. The number of benzene rings is 2. The Morgan fingerprint density at radius 3 is 2.58 bits per heavy atom. The van der Waals surface area contributed by atoms with Crippen molar-refractivity contribution in [2.45, 2.75) is 13.8 Å². The van der Waals surface area contributed by atoms with Crippen LogP contribution in [0.1, 0.15) is 18.1 Å². The van der Waals surface area contributed by atoms with Gasteiger partial charge in [0.15, 0.2) is 0 Å². The van der Waals surface area contributed by atoms with E-state index in [2.05, 4.69) is 71.4 Å². The highest BCUT2D eigenvalue weighted by Crippen LogP contribution is 2.35. The SMILES string of the molecule is CCN1CCN(C2=Nc3cc(C)ccc3Nc3ccccc32)CC1. The molecular weight excluding hydrogens is 296 g/mol. The summed E-state index contributed by atoms with van der Waals surface area (Å²) in [5.41, 5.74) is 5.67. The van der Waals surface area contributed by atoms with Crippen molar-refractivity contribution in [1.29, 1.82) is 0 Å². The summed E-state index contributed by atoms with van der Waals surface area (Å²) in [6.45, 7) is 9.74. The largest absolute Gasteiger partial charge is 0.353 e. The summed E-state index contributed by atoms with van der Waals surface area (Å²) >= 11 is 0. The molecule has 0 unspecified atom stereocenters. The number of anilines is 2. The van der Waals surface area contributed by atoms with E-state index in [9.17, 15) is 0 Å². The molecule has 2 heterocycles. The fraction of sp³-hybridized carbons (Fsp3) is 0.350. The van der Waals surface area contributed by atoms with E-state index in [4.69, 9.17) is 4.99 Å². The van der Waals surface area contributed by atoms with Gasteiger partial charge in [-0.2, -0.15) is 0 Å². The van der Waals surface area contributed by atoms with Crippen molar-refractivity contribution in [2.75, 3.05) is 38.0 Å². The molecule has 24 heavy (non-hydrogen) atoms. The molecule has 2 aliphatic rings. The molecular formula is C20H24N4. The number of para-hydroxylation sites is 1. The van der Waals surface area contributed by atoms with Gasteiger partial charge in [-0.15, -0.1) is 0 Å². The maximum atomic E-state index is 5.08. The number of nitrogens with one attached hydrogen (secondary N) is 1. The van der Waals surface area contributed by atoms with E-state index in [0.717, 1.165) is 55.6 Å². The van der Waals surface area contributed by atoms with E-state index in [1.54, 1.807) is 0 Å². The molecule has 0 spiro atoms. The average Bonchev–Trinajstić information content (AvgIpc) is 2.78. The van der Waals surface area contributed by atoms with Crippen molar-refractivity contribution in [3.05, 3.63) is 53.6 Å². The predicted octanol–water partition coefficient (Wildman–Crippen LogP) is 3.77. The van der Waals surface area contributed by atoms with Gasteiger partial charge in [0.05, 0.1) is 11.4 Å². The number of aliphatic imine (C=N–C) groups is 1. The smallest absolute Gasteiger partial charge is 0.138 e. The summed E-state index contributed by atoms with van der Waals surface area (Å²) in [4.78, 5) is 10.0. The third-order valence-corrected chi connectivity index (χ3v) is 4.94. The van der Waals surface area contributed by atoms with Crippen molar-refractivity contribution in [3.63, 3.8) is 0 Å². The van der Waals surface area contributed by atoms with E-state index in [-0.39, 0.29) is 0 Å². The normalized spacial score (nSPS) is 17.4. The molecule has 4 heteroatoms. The van der Waals surface area contributed by atoms with Crippen LogP contribution in [0, 0.1) is 6.92 Å². The van der Waals surface area contributed by atoms with E-state index in [1.165, 1.54) is 11.1 Å². The van der Waals surface area contributed by atoms with Crippen LogP contribution in [0.2, 0.25) is 0 Å². The molecule has 0 aromatic heterocycles. The van der Waals surface area contributed by atoms with Crippen LogP contribution >= 0.6 is 0 Å². The first-order valence-corrected chi connectivity index (χ1v) is 8.77. The molecule has 4 nitrogen and oxygen atoms in total. The third kappa shape index (κ3) is 2.78. The van der Waals surface area contributed by atoms with Gasteiger partial charge in [-0.25, -0.2) is 4.99 Å². The van der Waals surface area contributed by atoms with E-state index in [0.29, 0.717) is 0 Å². The Bertz CT molecular complexity index is 773. The minimum atomic E-state index is 1.03. The Morgan fingerprint density at radius 2 is 1.79 bits per heavy atom. The van der Waals surface area contributed by atoms with Crippen molar-refractivity contribution in [1.82, 2.24) is 9.80 Å². The van der Waals surface area contributed by atoms with Gasteiger partial charge >= 0.3 is 0 Å². The number of hydrogen-bond acceptors (Lipinski definition) is 4. The first kappa shape index (κ1) is 15.2. The number of amidine groups is 1. The maximum absolute atomic E-state index is 5.08. The topological polar surface area (TPSA) is 30.9 Å². The molecule has 1 N–H and O–H groups in total. The molecule has 4 rings (SSSR count). The number of rotatable bonds is 1. The van der Waals surface area contributed by atoms with Gasteiger partial charge in [-0.1, -0.05) is 25.1 Å². The number of nitrogens with zero attached hydrogens (tertiary/aromatic N) is 3. The standard InChI is InChI=1S/C20H24N4/c1-3-23-10-12-24(13-11-23)20-16-6-4-5-7-17(16)21-18-9-8-15(2)14-19(18)22-20/h4-9,14,21H,3,10-13H2,1-2H3. The van der Waals surface area contributed by atoms with Crippen LogP contribution in [0.4, 0.5) is 17.1 Å². The van der Waals surface area contributed by atoms with Crippen molar-refractivity contribution in [3.8, 4) is 0 Å². The van der Waals surface area contributed by atoms with Gasteiger partial charge < -0.3 is 15.1 Å². The second-order valence-corrected chi connectivity index (χ2v) is 6.55. The minimum absolute atomic E-state index is 1.03. The Hall–Kier alpha value is -2.33. The lowest BCUT2D eigenvalue weighted by Crippen LogP contribution is -2.48. The summed E-state index contributed by atoms with van der Waals surface area (Å²) in [5.74, 6) is 1.10. The van der Waals surface area contributed by atoms with Crippen LogP contribution < -0.4 is 5.32 Å². The third-order valence-electron chi connectivity index (χ3n) is 4.94. The zero-order chi connectivity index (χ0) is 16.5. The lowest BCUT2D eigenvalue weighted by atomic mass is 10.1. The summed E-state index contributed by atoms with van der Waals surface area (Å²) in [5, 5.41) is 3.57. The number of hydrogen-bond donors (Lipinski definition) is 1. The van der Waals surface area contributed by atoms with Crippen molar-refractivity contribution < 1.29 is 0 Å². The molecule has 0 saturated carbocycles. The van der Waals surface area contributed by atoms with Crippen LogP contribution in [0.25, 0.3) is 0 Å². The number of aryl methyl sites for hydroxylation is 1. The number of piperazine rings is 1. The Morgan fingerprint density at radius 1 is 1.00 bits per heavy atom. The fourth-order valence-corrected chi connectivity index (χ4v) is 3.46. The molecule has 1 fully saturated rings. The molecule has 124 valence electrons. The minimum Gasteiger partial charge on any atom is -0.353 e. The highest BCUT2D eigenvalue weighted by Gasteiger charge is 2.24. The van der Waals surface area contributed by atoms with Crippen molar-refractivity contribution in [2.24, 2.45) is 4.99 Å². The Labute approximate surface area is 143 Å². The van der Waals surface area contributed by atoms with Crippen LogP contribution in [0.5, 0.6) is 0 Å². The first-order valence-electron chi connectivity index (χ1n) is 8.77. The molecule has 0 aliphatic carbocycles. The van der Waals surface area contributed by atoms with Gasteiger partial charge in [0, 0.05) is 37.4 Å². The molecule has 0 atom stereocenters. The van der Waals surface area contributed by atoms with Crippen LogP contribution in [-0.4, -0.2) is 48.4 Å². The molecule has 0 bridgehead atoms. The molecule has 0 radical (unpaired) electrons. The van der Waals surface area contributed by atoms with E-state index in [1.807, 2.05) is 0 Å². The highest BCUT2D eigenvalue weighted by molar-refractivity contribution is 6.07. The summed E-state index contributed by atoms with van der Waals surface area (Å²) in [6.07, 6.45) is 0. The lowest BCUT2D eigenvalue weighted by Gasteiger charge is -2.36. The zero-order valence-electron chi connectivity index (χ0n) is 14.4. The Kier molecular flexibility index (Phi) is 3.98. The fourth-order valence-electron chi connectivity index (χ4n) is 3.46. The van der Waals surface area contributed by atoms with Crippen LogP contribution in [0.3, 0.4) is 0 Å². The monoisotopic (exact) mass is 320 g/mol. The highest BCUT2D eigenvalue weighted by atomic mass is 15.3. The number of likely N-dealkylation sites (N-methyl/N-ethyl adjacent to an activating group) is 1. The summed E-state index contributed by atoms with van der Waals surface area (Å²) < 4.78 is 0. The van der Waals surface area contributed by atoms with E-state index >= 15 is 0 Å². The first-order chi connectivity index (χ1) is 11.7. The second-order valence-electron chi connectivity index (χ2n) is 6.55. The van der Waals surface area contributed by atoms with Crippen LogP contribution in [-0.2, 0) is 0 Å². The quantitative estimate of drug-likeness (QED) is 0.868. The number of fused-ring (bicyclic) bond motifs is 2. The van der Waals surface area contributed by atoms with Gasteiger partial charge in [-0.3, -0.25) is 0 Å². The van der Waals surface area contributed by atoms with Crippen LogP contribution in [0.15, 0.2) is 47.5 Å². The lowest BCUT2D eigenvalue weighted by molar-refractivity contribution is 0.190. The summed E-state index contributed by atoms with van der Waals surface area (Å²) in [6, 6.07) is 14.9. The molecule has 2 aromatic rings. The van der Waals surface area contributed by atoms with Gasteiger partial charge in [0.2, 0.25) is 0 Å². The molecule has 2 aromatic carbocycles. The van der Waals surface area contributed by atoms with E-state index < -0.39 is 0 Å². The van der Waals surface area contributed by atoms with Crippen molar-refractivity contribution >= 4 is 22.9 Å². The van der Waals surface area contributed by atoms with Gasteiger partial charge in [-0.05, 0) is 43.3 Å². The average molecular weight is 320 g/mol. The zero-order valence-corrected chi connectivity index (χ0v) is 14.4. The maximum Gasteiger partial charge on any atom is 0.138 e. The van der Waals surface area contributed by atoms with Gasteiger partial charge in [0.1, 0.15) is 5.84 Å². The predicted molar refractivity (Wildman–Crippen MR) is 101 cm³/mol. The second kappa shape index (κ2) is 6.29. The van der Waals surface area contributed by atoms with Gasteiger partial charge in [0.25, 0.3) is 0 Å². The molecule has 1 saturated heterocycles. The Balaban J connectivity index is 1.77.